The Bertz CT molecular complexity index is 561. The third-order valence-corrected chi connectivity index (χ3v) is 3.36. The third kappa shape index (κ3) is 3.92. The van der Waals surface area contributed by atoms with E-state index in [-0.39, 0.29) is 4.90 Å². The van der Waals surface area contributed by atoms with Gasteiger partial charge in [0.1, 0.15) is 22.5 Å². The average molecular weight is 280 g/mol. The normalized spacial score (nSPS) is 10.5. The second-order valence-electron chi connectivity index (χ2n) is 3.96. The highest BCUT2D eigenvalue weighted by Crippen LogP contribution is 2.29. The number of hydrogen-bond acceptors (Lipinski definition) is 3. The molecule has 0 atom stereocenters. The molecule has 0 bridgehead atoms. The number of halogens is 2. The number of aromatic nitrogens is 1. The molecule has 1 N–H and O–H groups in total. The summed E-state index contributed by atoms with van der Waals surface area (Å²) in [6, 6.07) is 8.86. The molecule has 0 aliphatic heterocycles. The fourth-order valence-corrected chi connectivity index (χ4v) is 2.34. The second kappa shape index (κ2) is 6.52. The van der Waals surface area contributed by atoms with Crippen LogP contribution in [-0.2, 0) is 0 Å². The molecule has 0 aliphatic rings. The summed E-state index contributed by atoms with van der Waals surface area (Å²) in [4.78, 5) is 4.58. The Morgan fingerprint density at radius 1 is 1.21 bits per heavy atom. The van der Waals surface area contributed by atoms with E-state index >= 15 is 0 Å². The van der Waals surface area contributed by atoms with Crippen molar-refractivity contribution < 1.29 is 8.78 Å². The molecule has 2 rings (SSSR count). The van der Waals surface area contributed by atoms with Gasteiger partial charge in [0.2, 0.25) is 0 Å². The van der Waals surface area contributed by atoms with Gasteiger partial charge in [0.15, 0.2) is 0 Å². The molecular formula is C14H14F2N2S. The van der Waals surface area contributed by atoms with Crippen molar-refractivity contribution in [1.82, 2.24) is 4.98 Å². The van der Waals surface area contributed by atoms with Gasteiger partial charge in [-0.3, -0.25) is 0 Å². The van der Waals surface area contributed by atoms with Crippen molar-refractivity contribution in [1.29, 1.82) is 0 Å². The molecular weight excluding hydrogens is 266 g/mol. The molecule has 1 aromatic heterocycles. The van der Waals surface area contributed by atoms with Crippen LogP contribution in [0.5, 0.6) is 0 Å². The van der Waals surface area contributed by atoms with E-state index in [1.807, 2.05) is 12.1 Å². The largest absolute Gasteiger partial charge is 0.370 e. The molecule has 1 heterocycles. The van der Waals surface area contributed by atoms with E-state index in [9.17, 15) is 8.78 Å². The van der Waals surface area contributed by atoms with E-state index in [4.69, 9.17) is 0 Å². The summed E-state index contributed by atoms with van der Waals surface area (Å²) in [6.07, 6.45) is 0.998. The van der Waals surface area contributed by atoms with Crippen molar-refractivity contribution in [3.63, 3.8) is 0 Å². The Hall–Kier alpha value is -1.62. The molecule has 0 aliphatic carbocycles. The number of hydrogen-bond donors (Lipinski definition) is 1. The average Bonchev–Trinajstić information content (AvgIpc) is 2.41. The predicted molar refractivity (Wildman–Crippen MR) is 73.5 cm³/mol. The lowest BCUT2D eigenvalue weighted by Gasteiger charge is -2.06. The molecule has 5 heteroatoms. The Balaban J connectivity index is 2.16. The van der Waals surface area contributed by atoms with Crippen LogP contribution in [0.15, 0.2) is 46.3 Å². The molecule has 100 valence electrons. The lowest BCUT2D eigenvalue weighted by Crippen LogP contribution is -2.01. The maximum Gasteiger partial charge on any atom is 0.137 e. The molecule has 19 heavy (non-hydrogen) atoms. The lowest BCUT2D eigenvalue weighted by atomic mass is 10.3. The predicted octanol–water partition coefficient (Wildman–Crippen LogP) is 4.33. The summed E-state index contributed by atoms with van der Waals surface area (Å²) in [7, 11) is 0. The lowest BCUT2D eigenvalue weighted by molar-refractivity contribution is 0.577. The molecule has 0 saturated carbocycles. The van der Waals surface area contributed by atoms with Gasteiger partial charge in [-0.15, -0.1) is 0 Å². The number of pyridine rings is 1. The van der Waals surface area contributed by atoms with E-state index < -0.39 is 11.6 Å². The van der Waals surface area contributed by atoms with Crippen LogP contribution in [0.25, 0.3) is 0 Å². The zero-order valence-corrected chi connectivity index (χ0v) is 11.3. The minimum atomic E-state index is -0.454. The highest BCUT2D eigenvalue weighted by molar-refractivity contribution is 7.99. The molecule has 2 aromatic rings. The molecule has 0 radical (unpaired) electrons. The Morgan fingerprint density at radius 3 is 2.84 bits per heavy atom. The van der Waals surface area contributed by atoms with Gasteiger partial charge in [-0.05, 0) is 36.8 Å². The fraction of sp³-hybridized carbons (Fsp3) is 0.214. The SMILES string of the molecule is CCCNc1cccc(Sc2cc(F)ccc2F)n1. The monoisotopic (exact) mass is 280 g/mol. The van der Waals surface area contributed by atoms with E-state index in [1.54, 1.807) is 6.07 Å². The Labute approximate surface area is 115 Å². The van der Waals surface area contributed by atoms with Crippen LogP contribution in [0.1, 0.15) is 13.3 Å². The van der Waals surface area contributed by atoms with Crippen molar-refractivity contribution in [3.8, 4) is 0 Å². The minimum Gasteiger partial charge on any atom is -0.370 e. The van der Waals surface area contributed by atoms with Crippen LogP contribution in [0.3, 0.4) is 0 Å². The maximum atomic E-state index is 13.5. The van der Waals surface area contributed by atoms with Gasteiger partial charge in [0.05, 0.1) is 4.90 Å². The van der Waals surface area contributed by atoms with E-state index in [2.05, 4.69) is 17.2 Å². The fourth-order valence-electron chi connectivity index (χ4n) is 1.49. The first-order valence-electron chi connectivity index (χ1n) is 6.03. The first-order valence-corrected chi connectivity index (χ1v) is 6.84. The van der Waals surface area contributed by atoms with Crippen molar-refractivity contribution in [3.05, 3.63) is 48.0 Å². The Morgan fingerprint density at radius 2 is 2.05 bits per heavy atom. The molecule has 0 amide bonds. The number of nitrogens with zero attached hydrogens (tertiary/aromatic N) is 1. The highest BCUT2D eigenvalue weighted by Gasteiger charge is 2.07. The van der Waals surface area contributed by atoms with Gasteiger partial charge in [-0.2, -0.15) is 0 Å². The van der Waals surface area contributed by atoms with E-state index in [1.165, 1.54) is 6.07 Å². The number of benzene rings is 1. The van der Waals surface area contributed by atoms with Gasteiger partial charge in [-0.1, -0.05) is 24.8 Å². The maximum absolute atomic E-state index is 13.5. The topological polar surface area (TPSA) is 24.9 Å². The minimum absolute atomic E-state index is 0.236. The van der Waals surface area contributed by atoms with Gasteiger partial charge >= 0.3 is 0 Å². The van der Waals surface area contributed by atoms with Crippen LogP contribution in [0.2, 0.25) is 0 Å². The third-order valence-electron chi connectivity index (χ3n) is 2.39. The molecule has 0 fully saturated rings. The summed E-state index contributed by atoms with van der Waals surface area (Å²) < 4.78 is 26.6. The van der Waals surface area contributed by atoms with Gasteiger partial charge in [0.25, 0.3) is 0 Å². The van der Waals surface area contributed by atoms with Gasteiger partial charge in [0, 0.05) is 6.54 Å². The summed E-state index contributed by atoms with van der Waals surface area (Å²) in [5, 5.41) is 3.78. The molecule has 1 aromatic carbocycles. The zero-order chi connectivity index (χ0) is 13.7. The first kappa shape index (κ1) is 13.8. The van der Waals surface area contributed by atoms with Crippen molar-refractivity contribution in [2.24, 2.45) is 0 Å². The summed E-state index contributed by atoms with van der Waals surface area (Å²) in [5.74, 6) is -0.159. The van der Waals surface area contributed by atoms with Crippen LogP contribution in [0, 0.1) is 11.6 Å². The molecule has 0 unspecified atom stereocenters. The van der Waals surface area contributed by atoms with Gasteiger partial charge in [-0.25, -0.2) is 13.8 Å². The van der Waals surface area contributed by atoms with E-state index in [0.29, 0.717) is 5.03 Å². The molecule has 2 nitrogen and oxygen atoms in total. The standard InChI is InChI=1S/C14H14F2N2S/c1-2-8-17-13-4-3-5-14(18-13)19-12-9-10(15)6-7-11(12)16/h3-7,9H,2,8H2,1H3,(H,17,18). The van der Waals surface area contributed by atoms with Crippen molar-refractivity contribution in [2.45, 2.75) is 23.3 Å². The first-order chi connectivity index (χ1) is 9.19. The quantitative estimate of drug-likeness (QED) is 0.882. The summed E-state index contributed by atoms with van der Waals surface area (Å²) >= 11 is 1.11. The number of anilines is 1. The van der Waals surface area contributed by atoms with Gasteiger partial charge < -0.3 is 5.32 Å². The van der Waals surface area contributed by atoms with Crippen LogP contribution < -0.4 is 5.32 Å². The van der Waals surface area contributed by atoms with Crippen LogP contribution in [-0.4, -0.2) is 11.5 Å². The Kier molecular flexibility index (Phi) is 4.74. The number of rotatable bonds is 5. The zero-order valence-electron chi connectivity index (χ0n) is 10.5. The van der Waals surface area contributed by atoms with Crippen molar-refractivity contribution >= 4 is 17.6 Å². The van der Waals surface area contributed by atoms with Crippen molar-refractivity contribution in [2.75, 3.05) is 11.9 Å². The molecule has 0 saturated heterocycles. The highest BCUT2D eigenvalue weighted by atomic mass is 32.2. The summed E-state index contributed by atoms with van der Waals surface area (Å²) in [6.45, 7) is 2.89. The van der Waals surface area contributed by atoms with E-state index in [0.717, 1.165) is 42.7 Å². The summed E-state index contributed by atoms with van der Waals surface area (Å²) in [5.41, 5.74) is 0. The second-order valence-corrected chi connectivity index (χ2v) is 5.03. The smallest absolute Gasteiger partial charge is 0.137 e. The van der Waals surface area contributed by atoms with Crippen LogP contribution >= 0.6 is 11.8 Å². The van der Waals surface area contributed by atoms with Crippen LogP contribution in [0.4, 0.5) is 14.6 Å². The molecule has 0 spiro atoms. The number of nitrogens with one attached hydrogen (secondary N) is 1.